The molecule has 0 aliphatic heterocycles. The van der Waals surface area contributed by atoms with Gasteiger partial charge in [0.2, 0.25) is 5.91 Å². The maximum absolute atomic E-state index is 11.8. The van der Waals surface area contributed by atoms with Crippen molar-refractivity contribution in [3.63, 3.8) is 0 Å². The second kappa shape index (κ2) is 7.28. The number of aromatic nitrogens is 1. The molecule has 2 aromatic rings. The molecule has 2 amide bonds. The van der Waals surface area contributed by atoms with Crippen LogP contribution in [0, 0.1) is 0 Å². The summed E-state index contributed by atoms with van der Waals surface area (Å²) in [7, 11) is 1.96. The number of benzene rings is 1. The second-order valence-corrected chi connectivity index (χ2v) is 4.83. The van der Waals surface area contributed by atoms with Crippen LogP contribution in [0.5, 0.6) is 0 Å². The molecule has 0 aliphatic rings. The third-order valence-corrected chi connectivity index (χ3v) is 3.07. The van der Waals surface area contributed by atoms with Crippen LogP contribution in [0.1, 0.15) is 15.9 Å². The number of aryl methyl sites for hydroxylation is 1. The van der Waals surface area contributed by atoms with Gasteiger partial charge in [0.15, 0.2) is 0 Å². The van der Waals surface area contributed by atoms with E-state index < -0.39 is 0 Å². The van der Waals surface area contributed by atoms with Crippen LogP contribution in [-0.4, -0.2) is 29.5 Å². The van der Waals surface area contributed by atoms with Crippen molar-refractivity contribution in [2.24, 2.45) is 7.05 Å². The fourth-order valence-electron chi connectivity index (χ4n) is 1.97. The molecule has 0 bridgehead atoms. The topological polar surface area (TPSA) is 63.1 Å². The number of nitrogens with zero attached hydrogens (tertiary/aromatic N) is 1. The highest BCUT2D eigenvalue weighted by molar-refractivity contribution is 5.96. The van der Waals surface area contributed by atoms with Crippen LogP contribution >= 0.6 is 0 Å². The van der Waals surface area contributed by atoms with Gasteiger partial charge in [0.1, 0.15) is 0 Å². The SMILES string of the molecule is Cn1ccc(CCNC(=O)CNC(=O)c2ccccc2)c1. The minimum absolute atomic E-state index is 0.0114. The van der Waals surface area contributed by atoms with Crippen LogP contribution in [-0.2, 0) is 18.3 Å². The first-order valence-corrected chi connectivity index (χ1v) is 6.86. The van der Waals surface area contributed by atoms with E-state index in [4.69, 9.17) is 0 Å². The Morgan fingerprint density at radius 1 is 1.10 bits per heavy atom. The molecule has 5 heteroatoms. The molecule has 0 unspecified atom stereocenters. The highest BCUT2D eigenvalue weighted by Crippen LogP contribution is 1.99. The van der Waals surface area contributed by atoms with Gasteiger partial charge in [0.05, 0.1) is 6.54 Å². The van der Waals surface area contributed by atoms with E-state index in [2.05, 4.69) is 10.6 Å². The highest BCUT2D eigenvalue weighted by atomic mass is 16.2. The van der Waals surface area contributed by atoms with Crippen LogP contribution in [0.2, 0.25) is 0 Å². The summed E-state index contributed by atoms with van der Waals surface area (Å²) in [6.45, 7) is 0.548. The summed E-state index contributed by atoms with van der Waals surface area (Å²) in [4.78, 5) is 23.4. The zero-order valence-electron chi connectivity index (χ0n) is 12.0. The van der Waals surface area contributed by atoms with Gasteiger partial charge in [-0.05, 0) is 30.2 Å². The van der Waals surface area contributed by atoms with E-state index >= 15 is 0 Å². The third kappa shape index (κ3) is 4.80. The molecule has 0 saturated heterocycles. The fourth-order valence-corrected chi connectivity index (χ4v) is 1.97. The van der Waals surface area contributed by atoms with Crippen molar-refractivity contribution in [2.45, 2.75) is 6.42 Å². The maximum atomic E-state index is 11.8. The van der Waals surface area contributed by atoms with Crippen LogP contribution in [0.15, 0.2) is 48.8 Å². The van der Waals surface area contributed by atoms with Crippen LogP contribution in [0.3, 0.4) is 0 Å². The predicted octanol–water partition coefficient (Wildman–Crippen LogP) is 1.11. The molecule has 2 N–H and O–H groups in total. The first-order valence-electron chi connectivity index (χ1n) is 6.86. The Kier molecular flexibility index (Phi) is 5.15. The third-order valence-electron chi connectivity index (χ3n) is 3.07. The lowest BCUT2D eigenvalue weighted by Gasteiger charge is -2.06. The van der Waals surface area contributed by atoms with E-state index in [1.807, 2.05) is 36.1 Å². The summed E-state index contributed by atoms with van der Waals surface area (Å²) in [6.07, 6.45) is 4.76. The molecular formula is C16H19N3O2. The van der Waals surface area contributed by atoms with Crippen molar-refractivity contribution < 1.29 is 9.59 Å². The summed E-state index contributed by atoms with van der Waals surface area (Å²) in [5, 5.41) is 5.38. The quantitative estimate of drug-likeness (QED) is 0.835. The molecular weight excluding hydrogens is 266 g/mol. The minimum Gasteiger partial charge on any atom is -0.357 e. The second-order valence-electron chi connectivity index (χ2n) is 4.83. The Bertz CT molecular complexity index is 605. The number of carbonyl (C=O) groups is 2. The molecule has 1 aromatic carbocycles. The summed E-state index contributed by atoms with van der Waals surface area (Å²) in [5.74, 6) is -0.427. The standard InChI is InChI=1S/C16H19N3O2/c1-19-10-8-13(12-19)7-9-17-15(20)11-18-16(21)14-5-3-2-4-6-14/h2-6,8,10,12H,7,9,11H2,1H3,(H,17,20)(H,18,21). The Morgan fingerprint density at radius 2 is 1.86 bits per heavy atom. The number of nitrogens with one attached hydrogen (secondary N) is 2. The van der Waals surface area contributed by atoms with Gasteiger partial charge >= 0.3 is 0 Å². The van der Waals surface area contributed by atoms with Crippen LogP contribution in [0.4, 0.5) is 0 Å². The normalized spacial score (nSPS) is 10.1. The Hall–Kier alpha value is -2.56. The van der Waals surface area contributed by atoms with Crippen molar-refractivity contribution in [1.82, 2.24) is 15.2 Å². The van der Waals surface area contributed by atoms with Crippen LogP contribution in [0.25, 0.3) is 0 Å². The maximum Gasteiger partial charge on any atom is 0.251 e. The molecule has 110 valence electrons. The lowest BCUT2D eigenvalue weighted by Crippen LogP contribution is -2.37. The molecule has 0 saturated carbocycles. The molecule has 1 heterocycles. The Labute approximate surface area is 124 Å². The largest absolute Gasteiger partial charge is 0.357 e. The van der Waals surface area contributed by atoms with E-state index in [0.717, 1.165) is 6.42 Å². The fraction of sp³-hybridized carbons (Fsp3) is 0.250. The van der Waals surface area contributed by atoms with E-state index in [9.17, 15) is 9.59 Å². The predicted molar refractivity (Wildman–Crippen MR) is 80.9 cm³/mol. The van der Waals surface area contributed by atoms with Gasteiger partial charge in [-0.1, -0.05) is 18.2 Å². The van der Waals surface area contributed by atoms with E-state index in [-0.39, 0.29) is 18.4 Å². The van der Waals surface area contributed by atoms with Crippen LogP contribution < -0.4 is 10.6 Å². The number of hydrogen-bond acceptors (Lipinski definition) is 2. The van der Waals surface area contributed by atoms with Gasteiger partial charge < -0.3 is 15.2 Å². The summed E-state index contributed by atoms with van der Waals surface area (Å²) in [6, 6.07) is 10.9. The van der Waals surface area contributed by atoms with Crippen molar-refractivity contribution in [1.29, 1.82) is 0 Å². The lowest BCUT2D eigenvalue weighted by molar-refractivity contribution is -0.120. The van der Waals surface area contributed by atoms with Gasteiger partial charge in [-0.2, -0.15) is 0 Å². The molecule has 2 rings (SSSR count). The van der Waals surface area contributed by atoms with E-state index in [1.165, 1.54) is 5.56 Å². The zero-order valence-corrected chi connectivity index (χ0v) is 12.0. The zero-order chi connectivity index (χ0) is 15.1. The van der Waals surface area contributed by atoms with Crippen molar-refractivity contribution >= 4 is 11.8 Å². The van der Waals surface area contributed by atoms with Gasteiger partial charge in [-0.3, -0.25) is 9.59 Å². The molecule has 5 nitrogen and oxygen atoms in total. The van der Waals surface area contributed by atoms with Gasteiger partial charge in [-0.25, -0.2) is 0 Å². The minimum atomic E-state index is -0.242. The number of hydrogen-bond donors (Lipinski definition) is 2. The molecule has 0 fully saturated rings. The first-order chi connectivity index (χ1) is 10.1. The Morgan fingerprint density at radius 3 is 2.52 bits per heavy atom. The molecule has 0 aliphatic carbocycles. The van der Waals surface area contributed by atoms with Gasteiger partial charge in [0.25, 0.3) is 5.91 Å². The van der Waals surface area contributed by atoms with E-state index in [0.29, 0.717) is 12.1 Å². The summed E-state index contributed by atoms with van der Waals surface area (Å²) >= 11 is 0. The van der Waals surface area contributed by atoms with Crippen molar-refractivity contribution in [2.75, 3.05) is 13.1 Å². The average Bonchev–Trinajstić information content (AvgIpc) is 2.91. The first kappa shape index (κ1) is 14.8. The Balaban J connectivity index is 1.67. The van der Waals surface area contributed by atoms with Crippen molar-refractivity contribution in [3.05, 3.63) is 59.9 Å². The number of amides is 2. The molecule has 21 heavy (non-hydrogen) atoms. The monoisotopic (exact) mass is 285 g/mol. The number of rotatable bonds is 6. The smallest absolute Gasteiger partial charge is 0.251 e. The van der Waals surface area contributed by atoms with Gasteiger partial charge in [-0.15, -0.1) is 0 Å². The molecule has 1 aromatic heterocycles. The summed E-state index contributed by atoms with van der Waals surface area (Å²) < 4.78 is 1.97. The molecule has 0 radical (unpaired) electrons. The lowest BCUT2D eigenvalue weighted by atomic mass is 10.2. The molecule has 0 atom stereocenters. The highest BCUT2D eigenvalue weighted by Gasteiger charge is 2.07. The van der Waals surface area contributed by atoms with Gasteiger partial charge in [0, 0.05) is 31.5 Å². The van der Waals surface area contributed by atoms with E-state index in [1.54, 1.807) is 24.3 Å². The number of carbonyl (C=O) groups excluding carboxylic acids is 2. The molecule has 0 spiro atoms. The average molecular weight is 285 g/mol. The summed E-state index contributed by atoms with van der Waals surface area (Å²) in [5.41, 5.74) is 1.72. The van der Waals surface area contributed by atoms with Crippen molar-refractivity contribution in [3.8, 4) is 0 Å².